The number of benzene rings is 1. The van der Waals surface area contributed by atoms with Gasteiger partial charge in [-0.3, -0.25) is 0 Å². The zero-order valence-electron chi connectivity index (χ0n) is 11.2. The molecule has 0 amide bonds. The molecule has 1 aromatic rings. The standard InChI is InChI=1S/C14H14BrFN2O3/c15-13-9(7-17)1-2-11(14(13)16)18-5-3-10(4-6-18)21-8-12(19)20/h1-2,10H,3-6,8H2,(H,19,20). The van der Waals surface area contributed by atoms with E-state index in [0.29, 0.717) is 31.6 Å². The number of hydrogen-bond donors (Lipinski definition) is 1. The zero-order valence-corrected chi connectivity index (χ0v) is 12.8. The molecule has 1 aromatic carbocycles. The second-order valence-electron chi connectivity index (χ2n) is 4.76. The number of aliphatic carboxylic acids is 1. The Morgan fingerprint density at radius 3 is 2.76 bits per heavy atom. The molecule has 5 nitrogen and oxygen atoms in total. The van der Waals surface area contributed by atoms with Gasteiger partial charge in [0.05, 0.1) is 21.8 Å². The van der Waals surface area contributed by atoms with Crippen molar-refractivity contribution >= 4 is 27.6 Å². The van der Waals surface area contributed by atoms with Crippen molar-refractivity contribution in [3.8, 4) is 6.07 Å². The molecule has 0 bridgehead atoms. The second kappa shape index (κ2) is 6.87. The number of carboxylic acid groups (broad SMARTS) is 1. The van der Waals surface area contributed by atoms with E-state index in [0.717, 1.165) is 0 Å². The first-order valence-corrected chi connectivity index (χ1v) is 7.28. The van der Waals surface area contributed by atoms with Crippen LogP contribution < -0.4 is 4.90 Å². The maximum atomic E-state index is 14.2. The molecule has 0 aromatic heterocycles. The highest BCUT2D eigenvalue weighted by molar-refractivity contribution is 9.10. The van der Waals surface area contributed by atoms with Gasteiger partial charge in [0.1, 0.15) is 12.7 Å². The highest BCUT2D eigenvalue weighted by Crippen LogP contribution is 2.31. The number of ether oxygens (including phenoxy) is 1. The number of piperidine rings is 1. The van der Waals surface area contributed by atoms with Gasteiger partial charge in [-0.15, -0.1) is 0 Å². The van der Waals surface area contributed by atoms with Gasteiger partial charge in [-0.25, -0.2) is 9.18 Å². The van der Waals surface area contributed by atoms with Crippen LogP contribution in [-0.2, 0) is 9.53 Å². The summed E-state index contributed by atoms with van der Waals surface area (Å²) in [5, 5.41) is 17.4. The summed E-state index contributed by atoms with van der Waals surface area (Å²) in [5.41, 5.74) is 0.702. The highest BCUT2D eigenvalue weighted by atomic mass is 79.9. The maximum Gasteiger partial charge on any atom is 0.329 e. The molecular weight excluding hydrogens is 343 g/mol. The topological polar surface area (TPSA) is 73.6 Å². The molecule has 0 radical (unpaired) electrons. The van der Waals surface area contributed by atoms with Crippen LogP contribution >= 0.6 is 15.9 Å². The van der Waals surface area contributed by atoms with Crippen molar-refractivity contribution in [1.82, 2.24) is 0 Å². The van der Waals surface area contributed by atoms with Crippen molar-refractivity contribution < 1.29 is 19.0 Å². The summed E-state index contributed by atoms with van der Waals surface area (Å²) in [7, 11) is 0. The molecule has 1 saturated heterocycles. The summed E-state index contributed by atoms with van der Waals surface area (Å²) in [6.45, 7) is 0.862. The van der Waals surface area contributed by atoms with Crippen LogP contribution in [0.5, 0.6) is 0 Å². The lowest BCUT2D eigenvalue weighted by Gasteiger charge is -2.33. The molecule has 21 heavy (non-hydrogen) atoms. The minimum atomic E-state index is -0.987. The normalized spacial score (nSPS) is 15.8. The molecule has 112 valence electrons. The Morgan fingerprint density at radius 1 is 1.52 bits per heavy atom. The lowest BCUT2D eigenvalue weighted by atomic mass is 10.1. The number of hydrogen-bond acceptors (Lipinski definition) is 4. The van der Waals surface area contributed by atoms with Crippen LogP contribution in [0.15, 0.2) is 16.6 Å². The van der Waals surface area contributed by atoms with Gasteiger partial charge < -0.3 is 14.7 Å². The van der Waals surface area contributed by atoms with Gasteiger partial charge in [0.2, 0.25) is 0 Å². The van der Waals surface area contributed by atoms with E-state index in [-0.39, 0.29) is 22.7 Å². The minimum Gasteiger partial charge on any atom is -0.480 e. The number of carboxylic acids is 1. The molecule has 0 aliphatic carbocycles. The largest absolute Gasteiger partial charge is 0.480 e. The lowest BCUT2D eigenvalue weighted by Crippen LogP contribution is -2.38. The molecule has 0 saturated carbocycles. The van der Waals surface area contributed by atoms with E-state index in [1.54, 1.807) is 12.1 Å². The van der Waals surface area contributed by atoms with Crippen LogP contribution in [0.1, 0.15) is 18.4 Å². The average molecular weight is 357 g/mol. The fourth-order valence-electron chi connectivity index (χ4n) is 2.32. The number of nitriles is 1. The Morgan fingerprint density at radius 2 is 2.19 bits per heavy atom. The molecule has 1 N–H and O–H groups in total. The zero-order chi connectivity index (χ0) is 15.4. The van der Waals surface area contributed by atoms with Crippen LogP contribution in [-0.4, -0.2) is 36.9 Å². The number of carbonyl (C=O) groups is 1. The van der Waals surface area contributed by atoms with Crippen molar-refractivity contribution in [2.75, 3.05) is 24.6 Å². The molecule has 0 spiro atoms. The summed E-state index contributed by atoms with van der Waals surface area (Å²) in [4.78, 5) is 12.3. The summed E-state index contributed by atoms with van der Waals surface area (Å²) in [5.74, 6) is -1.43. The summed E-state index contributed by atoms with van der Waals surface area (Å²) in [6, 6.07) is 5.09. The van der Waals surface area contributed by atoms with E-state index in [1.807, 2.05) is 11.0 Å². The van der Waals surface area contributed by atoms with Gasteiger partial charge in [0.15, 0.2) is 5.82 Å². The van der Waals surface area contributed by atoms with E-state index in [9.17, 15) is 9.18 Å². The van der Waals surface area contributed by atoms with Gasteiger partial charge in [-0.05, 0) is 40.9 Å². The van der Waals surface area contributed by atoms with Crippen molar-refractivity contribution in [3.05, 3.63) is 28.0 Å². The van der Waals surface area contributed by atoms with E-state index < -0.39 is 11.8 Å². The Balaban J connectivity index is 2.01. The van der Waals surface area contributed by atoms with Gasteiger partial charge in [-0.2, -0.15) is 5.26 Å². The third kappa shape index (κ3) is 3.71. The molecule has 0 unspecified atom stereocenters. The number of rotatable bonds is 4. The summed E-state index contributed by atoms with van der Waals surface area (Å²) < 4.78 is 19.7. The molecule has 1 fully saturated rings. The summed E-state index contributed by atoms with van der Waals surface area (Å²) >= 11 is 3.10. The Kier molecular flexibility index (Phi) is 5.15. The molecule has 0 atom stereocenters. The van der Waals surface area contributed by atoms with Crippen molar-refractivity contribution in [2.45, 2.75) is 18.9 Å². The Hall–Kier alpha value is -1.65. The SMILES string of the molecule is N#Cc1ccc(N2CCC(OCC(=O)O)CC2)c(F)c1Br. The first-order chi connectivity index (χ1) is 10.0. The predicted molar refractivity (Wildman–Crippen MR) is 77.6 cm³/mol. The van der Waals surface area contributed by atoms with Crippen LogP contribution in [0.3, 0.4) is 0 Å². The van der Waals surface area contributed by atoms with Gasteiger partial charge >= 0.3 is 5.97 Å². The maximum absolute atomic E-state index is 14.2. The molecule has 1 aliphatic rings. The summed E-state index contributed by atoms with van der Waals surface area (Å²) in [6.07, 6.45) is 1.18. The third-order valence-corrected chi connectivity index (χ3v) is 4.18. The highest BCUT2D eigenvalue weighted by Gasteiger charge is 2.23. The molecular formula is C14H14BrFN2O3. The fourth-order valence-corrected chi connectivity index (χ4v) is 2.75. The quantitative estimate of drug-likeness (QED) is 0.897. The lowest BCUT2D eigenvalue weighted by molar-refractivity contribution is -0.144. The van der Waals surface area contributed by atoms with Crippen LogP contribution in [0.25, 0.3) is 0 Å². The van der Waals surface area contributed by atoms with E-state index >= 15 is 0 Å². The van der Waals surface area contributed by atoms with Crippen molar-refractivity contribution in [1.29, 1.82) is 5.26 Å². The van der Waals surface area contributed by atoms with Crippen molar-refractivity contribution in [3.63, 3.8) is 0 Å². The smallest absolute Gasteiger partial charge is 0.329 e. The first-order valence-electron chi connectivity index (χ1n) is 6.49. The number of anilines is 1. The number of halogens is 2. The minimum absolute atomic E-state index is 0.109. The van der Waals surface area contributed by atoms with Gasteiger partial charge in [0.25, 0.3) is 0 Å². The average Bonchev–Trinajstić information content (AvgIpc) is 2.48. The van der Waals surface area contributed by atoms with Crippen LogP contribution in [0, 0.1) is 17.1 Å². The second-order valence-corrected chi connectivity index (χ2v) is 5.56. The van der Waals surface area contributed by atoms with Gasteiger partial charge in [0, 0.05) is 13.1 Å². The van der Waals surface area contributed by atoms with E-state index in [4.69, 9.17) is 15.1 Å². The Labute approximate surface area is 130 Å². The molecule has 2 rings (SSSR count). The van der Waals surface area contributed by atoms with E-state index in [1.165, 1.54) is 0 Å². The molecule has 1 aliphatic heterocycles. The monoisotopic (exact) mass is 356 g/mol. The van der Waals surface area contributed by atoms with Crippen LogP contribution in [0.2, 0.25) is 0 Å². The predicted octanol–water partition coefficient (Wildman–Crippen LogP) is 2.53. The molecule has 1 heterocycles. The third-order valence-electron chi connectivity index (χ3n) is 3.41. The van der Waals surface area contributed by atoms with Gasteiger partial charge in [-0.1, -0.05) is 0 Å². The van der Waals surface area contributed by atoms with E-state index in [2.05, 4.69) is 15.9 Å². The van der Waals surface area contributed by atoms with Crippen molar-refractivity contribution in [2.24, 2.45) is 0 Å². The first kappa shape index (κ1) is 15.7. The molecule has 7 heteroatoms. The Bertz CT molecular complexity index is 580. The van der Waals surface area contributed by atoms with Crippen LogP contribution in [0.4, 0.5) is 10.1 Å². The number of nitrogens with zero attached hydrogens (tertiary/aromatic N) is 2. The fraction of sp³-hybridized carbons (Fsp3) is 0.429.